The molecule has 0 amide bonds. The van der Waals surface area contributed by atoms with Crippen LogP contribution in [0.3, 0.4) is 0 Å². The van der Waals surface area contributed by atoms with Crippen molar-refractivity contribution in [3.05, 3.63) is 0 Å². The van der Waals surface area contributed by atoms with Gasteiger partial charge in [0.2, 0.25) is 0 Å². The molecule has 3 atom stereocenters. The van der Waals surface area contributed by atoms with Gasteiger partial charge in [0, 0.05) is 18.1 Å². The summed E-state index contributed by atoms with van der Waals surface area (Å²) in [5.41, 5.74) is 6.09. The van der Waals surface area contributed by atoms with Gasteiger partial charge in [-0.15, -0.1) is 0 Å². The lowest BCUT2D eigenvalue weighted by atomic mass is 9.76. The number of nitrogens with zero attached hydrogens (tertiary/aromatic N) is 1. The predicted molar refractivity (Wildman–Crippen MR) is 71.8 cm³/mol. The molecular weight excluding hydrogens is 253 g/mol. The van der Waals surface area contributed by atoms with Crippen LogP contribution in [0.4, 0.5) is 13.2 Å². The molecule has 1 aliphatic carbocycles. The molecule has 3 unspecified atom stereocenters. The average Bonchev–Trinajstić information content (AvgIpc) is 2.25. The number of halogens is 3. The number of nitrogens with two attached hydrogens (primary N) is 1. The van der Waals surface area contributed by atoms with Gasteiger partial charge in [-0.2, -0.15) is 13.2 Å². The Balaban J connectivity index is 2.80. The lowest BCUT2D eigenvalue weighted by Gasteiger charge is -2.44. The van der Waals surface area contributed by atoms with Crippen molar-refractivity contribution in [2.75, 3.05) is 6.54 Å². The summed E-state index contributed by atoms with van der Waals surface area (Å²) < 4.78 is 38.2. The molecule has 2 nitrogen and oxygen atoms in total. The monoisotopic (exact) mass is 280 g/mol. The lowest BCUT2D eigenvalue weighted by Crippen LogP contribution is -2.56. The van der Waals surface area contributed by atoms with Gasteiger partial charge in [-0.05, 0) is 44.9 Å². The number of rotatable bonds is 4. The second kappa shape index (κ2) is 6.44. The van der Waals surface area contributed by atoms with Crippen molar-refractivity contribution in [2.24, 2.45) is 17.6 Å². The summed E-state index contributed by atoms with van der Waals surface area (Å²) >= 11 is 0. The van der Waals surface area contributed by atoms with Crippen LogP contribution in [0.25, 0.3) is 0 Å². The summed E-state index contributed by atoms with van der Waals surface area (Å²) in [6.45, 7) is 7.06. The van der Waals surface area contributed by atoms with Crippen molar-refractivity contribution in [3.63, 3.8) is 0 Å². The standard InChI is InChI=1S/C14H27F3N2/c1-9(2)11-5-6-12(18)13(7-11)19(10(3)4)8-14(15,16)17/h9-13H,5-8,18H2,1-4H3. The van der Waals surface area contributed by atoms with E-state index in [1.165, 1.54) is 0 Å². The van der Waals surface area contributed by atoms with Gasteiger partial charge in [0.15, 0.2) is 0 Å². The maximum atomic E-state index is 12.7. The molecule has 19 heavy (non-hydrogen) atoms. The van der Waals surface area contributed by atoms with Crippen LogP contribution in [0, 0.1) is 11.8 Å². The first-order valence-electron chi connectivity index (χ1n) is 7.20. The summed E-state index contributed by atoms with van der Waals surface area (Å²) in [4.78, 5) is 1.54. The second-order valence-corrected chi connectivity index (χ2v) is 6.43. The third-order valence-electron chi connectivity index (χ3n) is 4.30. The van der Waals surface area contributed by atoms with Gasteiger partial charge in [-0.1, -0.05) is 13.8 Å². The third-order valence-corrected chi connectivity index (χ3v) is 4.30. The van der Waals surface area contributed by atoms with E-state index in [9.17, 15) is 13.2 Å². The lowest BCUT2D eigenvalue weighted by molar-refractivity contribution is -0.158. The second-order valence-electron chi connectivity index (χ2n) is 6.43. The highest BCUT2D eigenvalue weighted by Gasteiger charge is 2.40. The minimum absolute atomic E-state index is 0.136. The Hall–Kier alpha value is -0.290. The molecule has 2 N–H and O–H groups in total. The highest BCUT2D eigenvalue weighted by Crippen LogP contribution is 2.34. The Morgan fingerprint density at radius 2 is 1.74 bits per heavy atom. The van der Waals surface area contributed by atoms with E-state index in [1.54, 1.807) is 4.90 Å². The molecule has 0 saturated heterocycles. The minimum atomic E-state index is -4.16. The normalized spacial score (nSPS) is 29.5. The summed E-state index contributed by atoms with van der Waals surface area (Å²) in [7, 11) is 0. The molecule has 0 aromatic carbocycles. The van der Waals surface area contributed by atoms with E-state index < -0.39 is 12.7 Å². The number of alkyl halides is 3. The van der Waals surface area contributed by atoms with Crippen LogP contribution in [0.1, 0.15) is 47.0 Å². The van der Waals surface area contributed by atoms with Gasteiger partial charge in [0.25, 0.3) is 0 Å². The van der Waals surface area contributed by atoms with Gasteiger partial charge in [-0.3, -0.25) is 4.90 Å². The molecule has 1 rings (SSSR count). The average molecular weight is 280 g/mol. The number of hydrogen-bond acceptors (Lipinski definition) is 2. The molecule has 114 valence electrons. The van der Waals surface area contributed by atoms with Gasteiger partial charge < -0.3 is 5.73 Å². The Kier molecular flexibility index (Phi) is 5.68. The zero-order valence-electron chi connectivity index (χ0n) is 12.4. The first-order chi connectivity index (χ1) is 8.61. The highest BCUT2D eigenvalue weighted by molar-refractivity contribution is 4.92. The molecule has 5 heteroatoms. The molecule has 0 aliphatic heterocycles. The van der Waals surface area contributed by atoms with Crippen LogP contribution >= 0.6 is 0 Å². The zero-order valence-corrected chi connectivity index (χ0v) is 12.4. The minimum Gasteiger partial charge on any atom is -0.326 e. The van der Waals surface area contributed by atoms with Crippen LogP contribution in [-0.2, 0) is 0 Å². The Bertz CT molecular complexity index is 276. The highest BCUT2D eigenvalue weighted by atomic mass is 19.4. The first kappa shape index (κ1) is 16.8. The molecule has 0 aromatic heterocycles. The van der Waals surface area contributed by atoms with E-state index in [4.69, 9.17) is 5.73 Å². The van der Waals surface area contributed by atoms with Crippen molar-refractivity contribution in [1.82, 2.24) is 4.90 Å². The van der Waals surface area contributed by atoms with Crippen LogP contribution in [0.2, 0.25) is 0 Å². The van der Waals surface area contributed by atoms with Gasteiger partial charge >= 0.3 is 6.18 Å². The zero-order chi connectivity index (χ0) is 14.8. The Morgan fingerprint density at radius 1 is 1.16 bits per heavy atom. The summed E-state index contributed by atoms with van der Waals surface area (Å²) in [6.07, 6.45) is -1.51. The molecule has 0 heterocycles. The topological polar surface area (TPSA) is 29.3 Å². The fourth-order valence-corrected chi connectivity index (χ4v) is 3.08. The third kappa shape index (κ3) is 4.95. The SMILES string of the molecule is CC(C)C1CCC(N)C(N(CC(F)(F)F)C(C)C)C1. The largest absolute Gasteiger partial charge is 0.401 e. The van der Waals surface area contributed by atoms with Gasteiger partial charge in [0.1, 0.15) is 0 Å². The van der Waals surface area contributed by atoms with E-state index in [0.717, 1.165) is 19.3 Å². The van der Waals surface area contributed by atoms with Crippen LogP contribution < -0.4 is 5.73 Å². The fourth-order valence-electron chi connectivity index (χ4n) is 3.08. The van der Waals surface area contributed by atoms with E-state index in [2.05, 4.69) is 13.8 Å². The van der Waals surface area contributed by atoms with Crippen molar-refractivity contribution < 1.29 is 13.2 Å². The van der Waals surface area contributed by atoms with Gasteiger partial charge in [-0.25, -0.2) is 0 Å². The van der Waals surface area contributed by atoms with Crippen molar-refractivity contribution in [3.8, 4) is 0 Å². The quantitative estimate of drug-likeness (QED) is 0.855. The molecule has 1 saturated carbocycles. The van der Waals surface area contributed by atoms with Crippen LogP contribution in [0.5, 0.6) is 0 Å². The summed E-state index contributed by atoms with van der Waals surface area (Å²) in [5, 5.41) is 0. The van der Waals surface area contributed by atoms with Gasteiger partial charge in [0.05, 0.1) is 6.54 Å². The van der Waals surface area contributed by atoms with Crippen molar-refractivity contribution >= 4 is 0 Å². The maximum absolute atomic E-state index is 12.7. The summed E-state index contributed by atoms with van der Waals surface area (Å²) in [6, 6.07) is -0.425. The molecule has 1 fully saturated rings. The Labute approximate surface area is 114 Å². The maximum Gasteiger partial charge on any atom is 0.401 e. The number of hydrogen-bond donors (Lipinski definition) is 1. The smallest absolute Gasteiger partial charge is 0.326 e. The van der Waals surface area contributed by atoms with Crippen molar-refractivity contribution in [1.29, 1.82) is 0 Å². The Morgan fingerprint density at radius 3 is 2.16 bits per heavy atom. The van der Waals surface area contributed by atoms with E-state index in [-0.39, 0.29) is 18.1 Å². The van der Waals surface area contributed by atoms with Crippen LogP contribution in [-0.4, -0.2) is 35.7 Å². The molecular formula is C14H27F3N2. The first-order valence-corrected chi connectivity index (χ1v) is 7.20. The summed E-state index contributed by atoms with van der Waals surface area (Å²) in [5.74, 6) is 0.995. The molecule has 1 aliphatic rings. The van der Waals surface area contributed by atoms with E-state index in [0.29, 0.717) is 11.8 Å². The van der Waals surface area contributed by atoms with Crippen LogP contribution in [0.15, 0.2) is 0 Å². The van der Waals surface area contributed by atoms with E-state index in [1.807, 2.05) is 13.8 Å². The molecule has 0 spiro atoms. The molecule has 0 bridgehead atoms. The van der Waals surface area contributed by atoms with E-state index >= 15 is 0 Å². The fraction of sp³-hybridized carbons (Fsp3) is 1.00. The van der Waals surface area contributed by atoms with Crippen molar-refractivity contribution in [2.45, 2.75) is 71.3 Å². The molecule has 0 aromatic rings. The predicted octanol–water partition coefficient (Wildman–Crippen LogP) is 3.41. The molecule has 0 radical (unpaired) electrons.